The van der Waals surface area contributed by atoms with Gasteiger partial charge in [-0.1, -0.05) is 34.3 Å². The highest BCUT2D eigenvalue weighted by Gasteiger charge is 2.33. The van der Waals surface area contributed by atoms with E-state index in [1.165, 1.54) is 44.8 Å². The Labute approximate surface area is 220 Å². The van der Waals surface area contributed by atoms with Gasteiger partial charge in [-0.15, -0.1) is 0 Å². The number of nitrogens with zero attached hydrogens (tertiary/aromatic N) is 2. The smallest absolute Gasteiger partial charge is 0.416 e. The summed E-state index contributed by atoms with van der Waals surface area (Å²) in [7, 11) is 6.17. The zero-order chi connectivity index (χ0) is 27.3. The van der Waals surface area contributed by atoms with E-state index in [1.54, 1.807) is 19.0 Å². The molecule has 3 rings (SSSR count). The maximum atomic E-state index is 13.6. The highest BCUT2D eigenvalue weighted by molar-refractivity contribution is 6.41. The number of anilines is 4. The summed E-state index contributed by atoms with van der Waals surface area (Å²) in [6.45, 7) is 0.129. The van der Waals surface area contributed by atoms with Gasteiger partial charge >= 0.3 is 12.2 Å². The van der Waals surface area contributed by atoms with Gasteiger partial charge in [-0.3, -0.25) is 5.32 Å². The summed E-state index contributed by atoms with van der Waals surface area (Å²) in [5.74, 6) is 0.823. The maximum Gasteiger partial charge on any atom is 0.416 e. The summed E-state index contributed by atoms with van der Waals surface area (Å²) in [5.41, 5.74) is -0.385. The third-order valence-electron chi connectivity index (χ3n) is 4.94. The molecule has 0 unspecified atom stereocenters. The number of carbonyl (C=O) groups is 1. The highest BCUT2D eigenvalue weighted by atomic mass is 35.5. The van der Waals surface area contributed by atoms with Crippen LogP contribution in [0.15, 0.2) is 36.7 Å². The normalized spacial score (nSPS) is 11.3. The van der Waals surface area contributed by atoms with Gasteiger partial charge in [-0.05, 0) is 31.8 Å². The lowest BCUT2D eigenvalue weighted by atomic mass is 10.1. The van der Waals surface area contributed by atoms with Crippen molar-refractivity contribution >= 4 is 52.2 Å². The summed E-state index contributed by atoms with van der Waals surface area (Å²) in [6, 6.07) is 6.09. The fourth-order valence-corrected chi connectivity index (χ4v) is 3.93. The number of urea groups is 1. The summed E-state index contributed by atoms with van der Waals surface area (Å²) in [4.78, 5) is 21.1. The van der Waals surface area contributed by atoms with Crippen LogP contribution in [-0.2, 0) is 12.7 Å². The number of hydrogen-bond acceptors (Lipinski definition) is 6. The van der Waals surface area contributed by atoms with Crippen LogP contribution in [0.25, 0.3) is 0 Å². The van der Waals surface area contributed by atoms with Crippen LogP contribution in [-0.4, -0.2) is 44.2 Å². The monoisotopic (exact) mass is 559 g/mol. The standard InChI is InChI=1S/C23H23Cl2F3N6O3/c1-34(2)10-12-5-6-13(7-14(12)23(26,27)28)31-17-9-18(30-11-29-17)32-22(35)33-21-19(24)15(36-3)8-16(37-4)20(21)25/h5-9,11H,10H2,1-4H3,(H3,29,30,31,32,33,35)/p+1. The molecule has 1 heterocycles. The van der Waals surface area contributed by atoms with Crippen LogP contribution in [0.3, 0.4) is 0 Å². The van der Waals surface area contributed by atoms with E-state index in [2.05, 4.69) is 25.9 Å². The van der Waals surface area contributed by atoms with Crippen LogP contribution in [0.4, 0.5) is 41.0 Å². The van der Waals surface area contributed by atoms with Crippen molar-refractivity contribution in [3.63, 3.8) is 0 Å². The average molecular weight is 560 g/mol. The molecule has 0 fully saturated rings. The van der Waals surface area contributed by atoms with Crippen LogP contribution < -0.4 is 30.4 Å². The van der Waals surface area contributed by atoms with E-state index in [-0.39, 0.29) is 56.7 Å². The van der Waals surface area contributed by atoms with Crippen molar-refractivity contribution in [2.24, 2.45) is 0 Å². The number of carbonyl (C=O) groups excluding carboxylic acids is 1. The zero-order valence-corrected chi connectivity index (χ0v) is 21.7. The van der Waals surface area contributed by atoms with E-state index in [1.807, 2.05) is 0 Å². The molecule has 14 heteroatoms. The number of ether oxygens (including phenoxy) is 2. The number of H-pyrrole nitrogens is 1. The zero-order valence-electron chi connectivity index (χ0n) is 20.2. The number of aromatic nitrogens is 2. The molecule has 0 saturated heterocycles. The predicted molar refractivity (Wildman–Crippen MR) is 135 cm³/mol. The van der Waals surface area contributed by atoms with Gasteiger partial charge in [0.25, 0.3) is 0 Å². The molecule has 2 amide bonds. The number of amides is 2. The number of methoxy groups -OCH3 is 2. The molecule has 0 aliphatic rings. The lowest BCUT2D eigenvalue weighted by Crippen LogP contribution is -2.25. The fraction of sp³-hybridized carbons (Fsp3) is 0.261. The largest absolute Gasteiger partial charge is 0.495 e. The Morgan fingerprint density at radius 1 is 1.05 bits per heavy atom. The number of rotatable bonds is 8. The molecule has 0 spiro atoms. The Morgan fingerprint density at radius 3 is 2.27 bits per heavy atom. The van der Waals surface area contributed by atoms with Crippen molar-refractivity contribution in [2.75, 3.05) is 44.3 Å². The number of nitrogens with one attached hydrogen (secondary N) is 4. The van der Waals surface area contributed by atoms with Crippen molar-refractivity contribution in [1.29, 1.82) is 0 Å². The topological polar surface area (TPSA) is 102 Å². The minimum Gasteiger partial charge on any atom is -0.495 e. The van der Waals surface area contributed by atoms with Crippen LogP contribution in [0.1, 0.15) is 11.1 Å². The molecule has 0 radical (unpaired) electrons. The second-order valence-corrected chi connectivity index (χ2v) is 8.70. The van der Waals surface area contributed by atoms with Crippen LogP contribution in [0.2, 0.25) is 10.0 Å². The summed E-state index contributed by atoms with van der Waals surface area (Å²) in [5, 5.41) is 8.00. The molecule has 0 aliphatic carbocycles. The molecule has 0 saturated carbocycles. The van der Waals surface area contributed by atoms with E-state index in [9.17, 15) is 18.0 Å². The van der Waals surface area contributed by atoms with Gasteiger partial charge < -0.3 is 19.7 Å². The first kappa shape index (κ1) is 28.1. The maximum absolute atomic E-state index is 13.6. The SMILES string of the molecule is COc1cc(OC)c(Cl)c(NC(=O)Nc2cc(Nc3ccc(CN(C)C)c(C(F)(F)F)c3)nc[nH+]2)c1Cl. The third-order valence-corrected chi connectivity index (χ3v) is 5.69. The third kappa shape index (κ3) is 7.06. The Bertz CT molecular complexity index is 1260. The molecule has 9 nitrogen and oxygen atoms in total. The molecule has 37 heavy (non-hydrogen) atoms. The molecule has 3 aromatic rings. The second kappa shape index (κ2) is 11.7. The van der Waals surface area contributed by atoms with Gasteiger partial charge in [0.15, 0.2) is 0 Å². The van der Waals surface area contributed by atoms with E-state index < -0.39 is 17.8 Å². The average Bonchev–Trinajstić information content (AvgIpc) is 2.82. The lowest BCUT2D eigenvalue weighted by Gasteiger charge is -2.17. The number of benzene rings is 2. The highest BCUT2D eigenvalue weighted by Crippen LogP contribution is 2.44. The number of alkyl halides is 3. The number of aromatic amines is 1. The quantitative estimate of drug-likeness (QED) is 0.328. The van der Waals surface area contributed by atoms with E-state index >= 15 is 0 Å². The molecule has 0 bridgehead atoms. The molecule has 2 aromatic carbocycles. The molecule has 0 aliphatic heterocycles. The van der Waals surface area contributed by atoms with Gasteiger partial charge in [0, 0.05) is 18.3 Å². The molecule has 198 valence electrons. The fourth-order valence-electron chi connectivity index (χ4n) is 3.33. The van der Waals surface area contributed by atoms with Crippen LogP contribution in [0, 0.1) is 0 Å². The van der Waals surface area contributed by atoms with E-state index in [0.29, 0.717) is 0 Å². The van der Waals surface area contributed by atoms with Gasteiger partial charge in [0.1, 0.15) is 21.5 Å². The minimum atomic E-state index is -4.53. The molecular formula is C23H24Cl2F3N6O3+. The second-order valence-electron chi connectivity index (χ2n) is 7.94. The van der Waals surface area contributed by atoms with Crippen molar-refractivity contribution in [3.05, 3.63) is 57.8 Å². The van der Waals surface area contributed by atoms with Crippen molar-refractivity contribution < 1.29 is 32.4 Å². The van der Waals surface area contributed by atoms with Crippen molar-refractivity contribution in [1.82, 2.24) is 9.88 Å². The Kier molecular flexibility index (Phi) is 8.89. The Hall–Kier alpha value is -3.48. The van der Waals surface area contributed by atoms with Crippen molar-refractivity contribution in [2.45, 2.75) is 12.7 Å². The number of halogens is 5. The van der Waals surface area contributed by atoms with Gasteiger partial charge in [-0.2, -0.15) is 13.2 Å². The minimum absolute atomic E-state index is 0.0573. The first-order chi connectivity index (χ1) is 17.4. The number of hydrogen-bond donors (Lipinski definition) is 3. The Morgan fingerprint density at radius 2 is 1.70 bits per heavy atom. The predicted octanol–water partition coefficient (Wildman–Crippen LogP) is 5.69. The van der Waals surface area contributed by atoms with Crippen molar-refractivity contribution in [3.8, 4) is 11.5 Å². The first-order valence-electron chi connectivity index (χ1n) is 10.6. The summed E-state index contributed by atoms with van der Waals surface area (Å²) >= 11 is 12.5. The first-order valence-corrected chi connectivity index (χ1v) is 11.4. The van der Waals surface area contributed by atoms with Gasteiger partial charge in [-0.25, -0.2) is 15.1 Å². The molecule has 0 atom stereocenters. The van der Waals surface area contributed by atoms with E-state index in [0.717, 1.165) is 6.07 Å². The lowest BCUT2D eigenvalue weighted by molar-refractivity contribution is -0.365. The van der Waals surface area contributed by atoms with Crippen LogP contribution in [0.5, 0.6) is 11.5 Å². The summed E-state index contributed by atoms with van der Waals surface area (Å²) in [6.07, 6.45) is -3.27. The Balaban J connectivity index is 1.79. The van der Waals surface area contributed by atoms with Gasteiger partial charge in [0.05, 0.1) is 31.5 Å². The van der Waals surface area contributed by atoms with E-state index in [4.69, 9.17) is 32.7 Å². The molecule has 1 aromatic heterocycles. The van der Waals surface area contributed by atoms with Crippen LogP contribution >= 0.6 is 23.2 Å². The van der Waals surface area contributed by atoms with Gasteiger partial charge in [0.2, 0.25) is 18.0 Å². The molecule has 4 N–H and O–H groups in total. The molecular weight excluding hydrogens is 536 g/mol. The summed E-state index contributed by atoms with van der Waals surface area (Å²) < 4.78 is 51.1.